The third-order valence-corrected chi connectivity index (χ3v) is 12.3. The van der Waals surface area contributed by atoms with Gasteiger partial charge in [0.25, 0.3) is 0 Å². The average molecular weight is 367 g/mol. The molecule has 5 fully saturated rings. The van der Waals surface area contributed by atoms with Crippen molar-refractivity contribution in [3.05, 3.63) is 0 Å². The van der Waals surface area contributed by atoms with Crippen molar-refractivity contribution in [1.82, 2.24) is 0 Å². The van der Waals surface area contributed by atoms with Gasteiger partial charge in [-0.3, -0.25) is 9.59 Å². The van der Waals surface area contributed by atoms with Crippen LogP contribution < -0.4 is 0 Å². The Hall–Kier alpha value is -0.160. The van der Waals surface area contributed by atoms with Crippen molar-refractivity contribution < 1.29 is 14.3 Å². The number of ketones is 1. The van der Waals surface area contributed by atoms with Crippen LogP contribution in [0.3, 0.4) is 0 Å². The van der Waals surface area contributed by atoms with E-state index in [4.69, 9.17) is 4.74 Å². The maximum Gasteiger partial charge on any atom is 0.306 e. The van der Waals surface area contributed by atoms with Crippen LogP contribution in [0.4, 0.5) is 0 Å². The van der Waals surface area contributed by atoms with Gasteiger partial charge in [-0.15, -0.1) is 0 Å². The van der Waals surface area contributed by atoms with E-state index in [2.05, 4.69) is 13.8 Å². The number of rotatable bonds is 0. The number of hydrogen-bond acceptors (Lipinski definition) is 5. The van der Waals surface area contributed by atoms with E-state index in [1.165, 1.54) is 12.8 Å². The van der Waals surface area contributed by atoms with Crippen molar-refractivity contribution in [2.24, 2.45) is 23.2 Å². The second kappa shape index (κ2) is 4.97. The maximum atomic E-state index is 12.3. The molecular formula is C19H26O3S2. The van der Waals surface area contributed by atoms with Gasteiger partial charge in [0.1, 0.15) is 11.4 Å². The van der Waals surface area contributed by atoms with E-state index in [9.17, 15) is 9.59 Å². The van der Waals surface area contributed by atoms with E-state index >= 15 is 0 Å². The van der Waals surface area contributed by atoms with Crippen LogP contribution in [-0.2, 0) is 14.3 Å². The summed E-state index contributed by atoms with van der Waals surface area (Å²) in [5, 5.41) is 0.493. The summed E-state index contributed by atoms with van der Waals surface area (Å²) in [7, 11) is 4.05. The van der Waals surface area contributed by atoms with E-state index in [1.807, 2.05) is 21.6 Å². The van der Waals surface area contributed by atoms with Gasteiger partial charge in [-0.25, -0.2) is 0 Å². The molecule has 0 aromatic heterocycles. The summed E-state index contributed by atoms with van der Waals surface area (Å²) >= 11 is 0. The number of ether oxygens (including phenoxy) is 1. The van der Waals surface area contributed by atoms with Crippen LogP contribution in [0.25, 0.3) is 0 Å². The lowest BCUT2D eigenvalue weighted by Gasteiger charge is -2.63. The molecular weight excluding hydrogens is 340 g/mol. The number of esters is 1. The van der Waals surface area contributed by atoms with E-state index in [-0.39, 0.29) is 21.7 Å². The van der Waals surface area contributed by atoms with Crippen LogP contribution in [0, 0.1) is 23.2 Å². The Balaban J connectivity index is 1.52. The summed E-state index contributed by atoms with van der Waals surface area (Å²) in [5.74, 6) is 2.38. The van der Waals surface area contributed by atoms with Gasteiger partial charge in [0.2, 0.25) is 0 Å². The molecule has 2 aliphatic heterocycles. The van der Waals surface area contributed by atoms with E-state index in [1.54, 1.807) is 0 Å². The normalized spacial score (nSPS) is 56.1. The Morgan fingerprint density at radius 3 is 2.75 bits per heavy atom. The number of carbonyl (C=O) groups is 2. The van der Waals surface area contributed by atoms with Crippen molar-refractivity contribution in [2.45, 2.75) is 80.8 Å². The summed E-state index contributed by atoms with van der Waals surface area (Å²) in [5.41, 5.74) is 0.0448. The smallest absolute Gasteiger partial charge is 0.306 e. The Bertz CT molecular complexity index is 622. The molecule has 3 saturated carbocycles. The van der Waals surface area contributed by atoms with Gasteiger partial charge in [-0.2, -0.15) is 0 Å². The molecule has 0 radical (unpaired) electrons. The monoisotopic (exact) mass is 366 g/mol. The topological polar surface area (TPSA) is 43.4 Å². The Morgan fingerprint density at radius 1 is 1.08 bits per heavy atom. The van der Waals surface area contributed by atoms with Crippen LogP contribution in [0.2, 0.25) is 0 Å². The predicted molar refractivity (Wildman–Crippen MR) is 96.7 cm³/mol. The minimum atomic E-state index is -0.235. The lowest BCUT2D eigenvalue weighted by molar-refractivity contribution is -0.199. The second-order valence-corrected chi connectivity index (χ2v) is 11.9. The number of hydrogen-bond donors (Lipinski definition) is 0. The van der Waals surface area contributed by atoms with Gasteiger partial charge < -0.3 is 4.74 Å². The number of Topliss-reactive ketones (excluding diaryl/α,β-unsaturated/α-hetero) is 1. The second-order valence-electron chi connectivity index (χ2n) is 9.14. The maximum absolute atomic E-state index is 12.3. The standard InChI is InChI=1S/C19H26O3S2/c1-17-7-6-14-12(13(17)3-4-16(21)22-17)5-8-19-10-11(20)9-15(23-24-19)18(14,19)2/h12-15H,3-10H2,1-2H3. The van der Waals surface area contributed by atoms with Crippen molar-refractivity contribution in [1.29, 1.82) is 0 Å². The van der Waals surface area contributed by atoms with Gasteiger partial charge >= 0.3 is 5.97 Å². The van der Waals surface area contributed by atoms with Crippen molar-refractivity contribution >= 4 is 33.3 Å². The highest BCUT2D eigenvalue weighted by Gasteiger charge is 2.70. The molecule has 0 aromatic carbocycles. The van der Waals surface area contributed by atoms with Crippen LogP contribution >= 0.6 is 21.6 Å². The molecule has 0 spiro atoms. The summed E-state index contributed by atoms with van der Waals surface area (Å²) < 4.78 is 6.06. The summed E-state index contributed by atoms with van der Waals surface area (Å²) in [6.45, 7) is 4.69. The van der Waals surface area contributed by atoms with Crippen LogP contribution in [-0.4, -0.2) is 27.4 Å². The lowest BCUT2D eigenvalue weighted by Crippen LogP contribution is -2.64. The highest BCUT2D eigenvalue weighted by Crippen LogP contribution is 2.76. The van der Waals surface area contributed by atoms with Gasteiger partial charge in [-0.05, 0) is 56.3 Å². The molecule has 0 amide bonds. The summed E-state index contributed by atoms with van der Waals surface area (Å²) in [6.07, 6.45) is 7.71. The molecule has 3 aliphatic carbocycles. The highest BCUT2D eigenvalue weighted by molar-refractivity contribution is 8.78. The molecule has 132 valence electrons. The molecule has 5 aliphatic rings. The fourth-order valence-corrected chi connectivity index (χ4v) is 11.8. The zero-order chi connectivity index (χ0) is 16.7. The van der Waals surface area contributed by atoms with Gasteiger partial charge in [0.05, 0.1) is 0 Å². The minimum Gasteiger partial charge on any atom is -0.459 e. The summed E-state index contributed by atoms with van der Waals surface area (Å²) in [6, 6.07) is 0. The van der Waals surface area contributed by atoms with Crippen LogP contribution in [0.15, 0.2) is 0 Å². The first-order valence-electron chi connectivity index (χ1n) is 9.46. The molecule has 0 N–H and O–H groups in total. The molecule has 2 heterocycles. The third kappa shape index (κ3) is 1.84. The van der Waals surface area contributed by atoms with Gasteiger partial charge in [0, 0.05) is 35.2 Å². The highest BCUT2D eigenvalue weighted by atomic mass is 33.1. The third-order valence-electron chi connectivity index (χ3n) is 8.30. The van der Waals surface area contributed by atoms with Crippen molar-refractivity contribution in [3.8, 4) is 0 Å². The average Bonchev–Trinajstić information content (AvgIpc) is 2.68. The van der Waals surface area contributed by atoms with E-state index in [0.717, 1.165) is 32.1 Å². The van der Waals surface area contributed by atoms with Crippen molar-refractivity contribution in [2.75, 3.05) is 0 Å². The largest absolute Gasteiger partial charge is 0.459 e. The van der Waals surface area contributed by atoms with E-state index in [0.29, 0.717) is 35.2 Å². The molecule has 2 bridgehead atoms. The Morgan fingerprint density at radius 2 is 1.92 bits per heavy atom. The lowest BCUT2D eigenvalue weighted by atomic mass is 9.45. The minimum absolute atomic E-state index is 0.000125. The Labute approximate surface area is 151 Å². The predicted octanol–water partition coefficient (Wildman–Crippen LogP) is 4.39. The van der Waals surface area contributed by atoms with Crippen molar-refractivity contribution in [3.63, 3.8) is 0 Å². The zero-order valence-electron chi connectivity index (χ0n) is 14.5. The summed E-state index contributed by atoms with van der Waals surface area (Å²) in [4.78, 5) is 24.2. The molecule has 0 aromatic rings. The van der Waals surface area contributed by atoms with Gasteiger partial charge in [0.15, 0.2) is 0 Å². The van der Waals surface area contributed by atoms with E-state index < -0.39 is 0 Å². The Kier molecular flexibility index (Phi) is 3.32. The number of carbonyl (C=O) groups excluding carboxylic acids is 2. The first kappa shape index (κ1) is 16.0. The fraction of sp³-hybridized carbons (Fsp3) is 0.895. The van der Waals surface area contributed by atoms with Crippen LogP contribution in [0.1, 0.15) is 65.2 Å². The molecule has 2 saturated heterocycles. The first-order chi connectivity index (χ1) is 11.4. The van der Waals surface area contributed by atoms with Crippen LogP contribution in [0.5, 0.6) is 0 Å². The molecule has 5 rings (SSSR count). The molecule has 5 heteroatoms. The SMILES string of the molecule is CC12CCC3C(CCC45CC(=O)CC(SS4)C35C)C1CCC(=O)O2. The zero-order valence-corrected chi connectivity index (χ0v) is 16.1. The number of fused-ring (bicyclic) bond motifs is 3. The molecule has 3 nitrogen and oxygen atoms in total. The molecule has 7 atom stereocenters. The fourth-order valence-electron chi connectivity index (χ4n) is 7.02. The quantitative estimate of drug-likeness (QED) is 0.470. The molecule has 7 unspecified atom stereocenters. The van der Waals surface area contributed by atoms with Gasteiger partial charge in [-0.1, -0.05) is 28.5 Å². The first-order valence-corrected chi connectivity index (χ1v) is 11.7. The molecule has 24 heavy (non-hydrogen) atoms.